The minimum Gasteiger partial charge on any atom is -0.318 e. The molecule has 2 atom stereocenters. The second kappa shape index (κ2) is 6.10. The van der Waals surface area contributed by atoms with Gasteiger partial charge in [0, 0.05) is 34.6 Å². The van der Waals surface area contributed by atoms with E-state index in [4.69, 9.17) is 11.6 Å². The first-order chi connectivity index (χ1) is 11.6. The van der Waals surface area contributed by atoms with Crippen LogP contribution < -0.4 is 5.32 Å². The second-order valence-corrected chi connectivity index (χ2v) is 7.06. The Morgan fingerprint density at radius 1 is 1.29 bits per heavy atom. The molecule has 2 unspecified atom stereocenters. The quantitative estimate of drug-likeness (QED) is 0.847. The first kappa shape index (κ1) is 15.5. The van der Waals surface area contributed by atoms with E-state index in [0.29, 0.717) is 17.1 Å². The van der Waals surface area contributed by atoms with E-state index >= 15 is 0 Å². The van der Waals surface area contributed by atoms with Gasteiger partial charge in [0.1, 0.15) is 0 Å². The monoisotopic (exact) mass is 341 g/mol. The van der Waals surface area contributed by atoms with Crippen molar-refractivity contribution in [2.75, 3.05) is 5.32 Å². The van der Waals surface area contributed by atoms with Crippen molar-refractivity contribution in [3.05, 3.63) is 47.1 Å². The third-order valence-corrected chi connectivity index (χ3v) is 5.57. The molecule has 0 saturated carbocycles. The molecular formula is C19H20ClN3O. The van der Waals surface area contributed by atoms with Crippen LogP contribution in [0.15, 0.2) is 36.5 Å². The molecule has 2 fully saturated rings. The Bertz CT molecular complexity index is 764. The van der Waals surface area contributed by atoms with Gasteiger partial charge in [-0.3, -0.25) is 4.98 Å². The van der Waals surface area contributed by atoms with E-state index in [1.54, 1.807) is 6.20 Å². The fraction of sp³-hybridized carbons (Fsp3) is 0.368. The normalized spacial score (nSPS) is 22.0. The molecule has 2 amide bonds. The summed E-state index contributed by atoms with van der Waals surface area (Å²) in [4.78, 5) is 19.0. The SMILES string of the molecule is Cc1c(Cl)cc(NC(=O)N2C3CCCC2C3)cc1-c1ccccn1. The predicted molar refractivity (Wildman–Crippen MR) is 96.3 cm³/mol. The first-order valence-corrected chi connectivity index (χ1v) is 8.82. The van der Waals surface area contributed by atoms with Crippen LogP contribution in [-0.2, 0) is 0 Å². The molecule has 4 rings (SSSR count). The van der Waals surface area contributed by atoms with Gasteiger partial charge in [0.05, 0.1) is 5.69 Å². The zero-order chi connectivity index (χ0) is 16.7. The van der Waals surface area contributed by atoms with Crippen LogP contribution in [0.4, 0.5) is 10.5 Å². The molecule has 0 aliphatic carbocycles. The van der Waals surface area contributed by atoms with Gasteiger partial charge in [-0.2, -0.15) is 0 Å². The van der Waals surface area contributed by atoms with Gasteiger partial charge in [-0.1, -0.05) is 17.7 Å². The van der Waals surface area contributed by atoms with Crippen LogP contribution in [0.3, 0.4) is 0 Å². The molecule has 2 aromatic rings. The van der Waals surface area contributed by atoms with Gasteiger partial charge in [-0.05, 0) is 62.4 Å². The third kappa shape index (κ3) is 2.65. The van der Waals surface area contributed by atoms with Crippen molar-refractivity contribution in [1.29, 1.82) is 0 Å². The molecule has 5 heteroatoms. The summed E-state index contributed by atoms with van der Waals surface area (Å²) < 4.78 is 0. The highest BCUT2D eigenvalue weighted by Crippen LogP contribution is 2.39. The molecule has 124 valence electrons. The van der Waals surface area contributed by atoms with Crippen LogP contribution in [0.1, 0.15) is 31.2 Å². The predicted octanol–water partition coefficient (Wildman–Crippen LogP) is 4.87. The van der Waals surface area contributed by atoms with Gasteiger partial charge in [0.25, 0.3) is 0 Å². The number of anilines is 1. The lowest BCUT2D eigenvalue weighted by atomic mass is 9.80. The van der Waals surface area contributed by atoms with E-state index in [2.05, 4.69) is 10.3 Å². The van der Waals surface area contributed by atoms with Gasteiger partial charge >= 0.3 is 6.03 Å². The van der Waals surface area contributed by atoms with Crippen molar-refractivity contribution in [1.82, 2.24) is 9.88 Å². The summed E-state index contributed by atoms with van der Waals surface area (Å²) in [6.45, 7) is 1.97. The molecule has 3 heterocycles. The fourth-order valence-corrected chi connectivity index (χ4v) is 4.08. The number of hydrogen-bond acceptors (Lipinski definition) is 2. The number of nitrogens with zero attached hydrogens (tertiary/aromatic N) is 2. The van der Waals surface area contributed by atoms with Crippen molar-refractivity contribution >= 4 is 23.3 Å². The number of carbonyl (C=O) groups excluding carboxylic acids is 1. The number of benzene rings is 1. The molecule has 2 aliphatic rings. The number of halogens is 1. The van der Waals surface area contributed by atoms with Crippen molar-refractivity contribution in [3.63, 3.8) is 0 Å². The van der Waals surface area contributed by atoms with Crippen molar-refractivity contribution in [3.8, 4) is 11.3 Å². The molecule has 0 spiro atoms. The Morgan fingerprint density at radius 3 is 2.75 bits per heavy atom. The number of aromatic nitrogens is 1. The molecule has 2 saturated heterocycles. The number of rotatable bonds is 2. The number of pyridine rings is 1. The smallest absolute Gasteiger partial charge is 0.318 e. The van der Waals surface area contributed by atoms with Crippen molar-refractivity contribution < 1.29 is 4.79 Å². The Labute approximate surface area is 146 Å². The number of amides is 2. The maximum atomic E-state index is 12.6. The highest BCUT2D eigenvalue weighted by molar-refractivity contribution is 6.32. The second-order valence-electron chi connectivity index (χ2n) is 6.66. The fourth-order valence-electron chi connectivity index (χ4n) is 3.86. The standard InChI is InChI=1S/C19H20ClN3O/c1-12-16(18-7-2-3-8-21-18)9-13(10-17(12)20)22-19(24)23-14-5-4-6-15(23)11-14/h2-3,7-10,14-15H,4-6,11H2,1H3,(H,22,24). The molecule has 0 radical (unpaired) electrons. The summed E-state index contributed by atoms with van der Waals surface area (Å²) >= 11 is 6.38. The third-order valence-electron chi connectivity index (χ3n) is 5.18. The zero-order valence-electron chi connectivity index (χ0n) is 13.6. The Hall–Kier alpha value is -2.07. The minimum absolute atomic E-state index is 0.0113. The topological polar surface area (TPSA) is 45.2 Å². The first-order valence-electron chi connectivity index (χ1n) is 8.44. The average molecular weight is 342 g/mol. The summed E-state index contributed by atoms with van der Waals surface area (Å²) in [5, 5.41) is 3.66. The largest absolute Gasteiger partial charge is 0.322 e. The molecule has 2 aliphatic heterocycles. The molecule has 1 aromatic carbocycles. The number of nitrogens with one attached hydrogen (secondary N) is 1. The number of fused-ring (bicyclic) bond motifs is 2. The number of hydrogen-bond donors (Lipinski definition) is 1. The van der Waals surface area contributed by atoms with Gasteiger partial charge in [-0.25, -0.2) is 4.79 Å². The van der Waals surface area contributed by atoms with Crippen LogP contribution >= 0.6 is 11.6 Å². The maximum absolute atomic E-state index is 12.6. The highest BCUT2D eigenvalue weighted by atomic mass is 35.5. The molecule has 1 N–H and O–H groups in total. The summed E-state index contributed by atoms with van der Waals surface area (Å²) in [5.74, 6) is 0. The Morgan fingerprint density at radius 2 is 2.08 bits per heavy atom. The summed E-state index contributed by atoms with van der Waals surface area (Å²) in [6, 6.07) is 10.4. The maximum Gasteiger partial charge on any atom is 0.322 e. The Balaban J connectivity index is 1.60. The van der Waals surface area contributed by atoms with Crippen molar-refractivity contribution in [2.45, 2.75) is 44.7 Å². The summed E-state index contributed by atoms with van der Waals surface area (Å²) in [7, 11) is 0. The van der Waals surface area contributed by atoms with Crippen LogP contribution in [0, 0.1) is 6.92 Å². The van der Waals surface area contributed by atoms with Crippen LogP contribution in [0.5, 0.6) is 0 Å². The van der Waals surface area contributed by atoms with Crippen LogP contribution in [-0.4, -0.2) is 28.0 Å². The van der Waals surface area contributed by atoms with E-state index < -0.39 is 0 Å². The lowest BCUT2D eigenvalue weighted by molar-refractivity contribution is 0.0173. The lowest BCUT2D eigenvalue weighted by Gasteiger charge is -2.52. The molecule has 1 aromatic heterocycles. The summed E-state index contributed by atoms with van der Waals surface area (Å²) in [5.41, 5.74) is 3.49. The van der Waals surface area contributed by atoms with E-state index in [0.717, 1.165) is 41.8 Å². The molecular weight excluding hydrogens is 322 g/mol. The van der Waals surface area contributed by atoms with Gasteiger partial charge in [-0.15, -0.1) is 0 Å². The lowest BCUT2D eigenvalue weighted by Crippen LogP contribution is -2.62. The molecule has 24 heavy (non-hydrogen) atoms. The van der Waals surface area contributed by atoms with E-state index in [-0.39, 0.29) is 6.03 Å². The van der Waals surface area contributed by atoms with Gasteiger partial charge in [0.15, 0.2) is 0 Å². The molecule has 2 bridgehead atoms. The average Bonchev–Trinajstić information content (AvgIpc) is 2.59. The van der Waals surface area contributed by atoms with Crippen LogP contribution in [0.25, 0.3) is 11.3 Å². The van der Waals surface area contributed by atoms with E-state index in [1.165, 1.54) is 6.42 Å². The number of carbonyl (C=O) groups is 1. The summed E-state index contributed by atoms with van der Waals surface area (Å²) in [6.07, 6.45) is 6.39. The van der Waals surface area contributed by atoms with E-state index in [9.17, 15) is 4.79 Å². The zero-order valence-corrected chi connectivity index (χ0v) is 14.4. The highest BCUT2D eigenvalue weighted by Gasteiger charge is 2.44. The minimum atomic E-state index is -0.0113. The number of piperidine rings is 1. The van der Waals surface area contributed by atoms with Crippen molar-refractivity contribution in [2.24, 2.45) is 0 Å². The molecule has 4 nitrogen and oxygen atoms in total. The number of urea groups is 1. The van der Waals surface area contributed by atoms with Gasteiger partial charge in [0.2, 0.25) is 0 Å². The van der Waals surface area contributed by atoms with Gasteiger partial charge < -0.3 is 10.2 Å². The van der Waals surface area contributed by atoms with Crippen LogP contribution in [0.2, 0.25) is 5.02 Å². The van der Waals surface area contributed by atoms with E-state index in [1.807, 2.05) is 42.2 Å². The Kier molecular flexibility index (Phi) is 3.93.